The molecule has 0 aliphatic heterocycles. The highest BCUT2D eigenvalue weighted by Gasteiger charge is 2.18. The van der Waals surface area contributed by atoms with Crippen molar-refractivity contribution in [1.29, 1.82) is 0 Å². The van der Waals surface area contributed by atoms with Crippen LogP contribution in [0, 0.1) is 0 Å². The summed E-state index contributed by atoms with van der Waals surface area (Å²) < 4.78 is 4.47. The standard InChI is InChI=1S/C32H62O5/c1-2-3-4-5-6-7-8-9-10-11-12-13-14-15-16-17-18-19-20-21-22-23-24-25-26-27-28-31(35)37-32(36)30(34)29-33/h30,33-34H,2-29H2,1H3. The smallest absolute Gasteiger partial charge is 0.345 e. The Labute approximate surface area is 229 Å². The molecule has 0 saturated carbocycles. The molecule has 0 rings (SSSR count). The van der Waals surface area contributed by atoms with E-state index in [0.29, 0.717) is 6.42 Å². The number of carbonyl (C=O) groups is 2. The number of ether oxygens (including phenoxy) is 1. The summed E-state index contributed by atoms with van der Waals surface area (Å²) in [5, 5.41) is 17.7. The van der Waals surface area contributed by atoms with E-state index in [1.807, 2.05) is 0 Å². The van der Waals surface area contributed by atoms with Crippen LogP contribution in [0.1, 0.15) is 180 Å². The zero-order valence-electron chi connectivity index (χ0n) is 24.5. The van der Waals surface area contributed by atoms with Crippen molar-refractivity contribution >= 4 is 11.9 Å². The second-order valence-electron chi connectivity index (χ2n) is 11.1. The molecular weight excluding hydrogens is 464 g/mol. The van der Waals surface area contributed by atoms with Crippen LogP contribution >= 0.6 is 0 Å². The van der Waals surface area contributed by atoms with Crippen LogP contribution in [0.2, 0.25) is 0 Å². The SMILES string of the molecule is CCCCCCCCCCCCCCCCCCCCCCCCCCCCC(=O)OC(=O)C(O)CO. The van der Waals surface area contributed by atoms with Crippen LogP contribution in [0.5, 0.6) is 0 Å². The molecular formula is C32H62O5. The quantitative estimate of drug-likeness (QED) is 0.0577. The Morgan fingerprint density at radius 1 is 0.514 bits per heavy atom. The Morgan fingerprint density at radius 3 is 1.05 bits per heavy atom. The van der Waals surface area contributed by atoms with E-state index in [9.17, 15) is 9.59 Å². The van der Waals surface area contributed by atoms with Gasteiger partial charge in [-0.05, 0) is 6.42 Å². The maximum Gasteiger partial charge on any atom is 0.345 e. The minimum atomic E-state index is -1.63. The van der Waals surface area contributed by atoms with Gasteiger partial charge < -0.3 is 14.9 Å². The van der Waals surface area contributed by atoms with Crippen LogP contribution in [-0.2, 0) is 14.3 Å². The molecule has 0 heterocycles. The third kappa shape index (κ3) is 27.9. The molecule has 0 aromatic heterocycles. The lowest BCUT2D eigenvalue weighted by Crippen LogP contribution is -2.28. The number of rotatable bonds is 29. The summed E-state index contributed by atoms with van der Waals surface area (Å²) in [4.78, 5) is 22.7. The summed E-state index contributed by atoms with van der Waals surface area (Å²) in [7, 11) is 0. The number of aliphatic hydroxyl groups excluding tert-OH is 2. The first-order chi connectivity index (χ1) is 18.1. The molecule has 37 heavy (non-hydrogen) atoms. The van der Waals surface area contributed by atoms with Crippen molar-refractivity contribution in [2.45, 2.75) is 186 Å². The fraction of sp³-hybridized carbons (Fsp3) is 0.938. The Balaban J connectivity index is 3.15. The van der Waals surface area contributed by atoms with Gasteiger partial charge in [0.1, 0.15) is 0 Å². The Hall–Kier alpha value is -0.940. The highest BCUT2D eigenvalue weighted by molar-refractivity contribution is 5.87. The Kier molecular flexibility index (Phi) is 28.9. The molecule has 5 nitrogen and oxygen atoms in total. The van der Waals surface area contributed by atoms with Crippen molar-refractivity contribution in [2.75, 3.05) is 6.61 Å². The van der Waals surface area contributed by atoms with Crippen molar-refractivity contribution in [2.24, 2.45) is 0 Å². The van der Waals surface area contributed by atoms with Crippen LogP contribution < -0.4 is 0 Å². The number of carbonyl (C=O) groups excluding carboxylic acids is 2. The van der Waals surface area contributed by atoms with Gasteiger partial charge in [0.15, 0.2) is 6.10 Å². The highest BCUT2D eigenvalue weighted by atomic mass is 16.6. The number of hydrogen-bond donors (Lipinski definition) is 2. The first kappa shape index (κ1) is 36.1. The van der Waals surface area contributed by atoms with Crippen molar-refractivity contribution in [3.05, 3.63) is 0 Å². The first-order valence-electron chi connectivity index (χ1n) is 16.1. The highest BCUT2D eigenvalue weighted by Crippen LogP contribution is 2.16. The van der Waals surface area contributed by atoms with Crippen LogP contribution in [-0.4, -0.2) is 34.9 Å². The molecule has 0 radical (unpaired) electrons. The van der Waals surface area contributed by atoms with E-state index in [-0.39, 0.29) is 6.42 Å². The summed E-state index contributed by atoms with van der Waals surface area (Å²) in [6, 6.07) is 0. The fourth-order valence-corrected chi connectivity index (χ4v) is 4.89. The molecule has 0 saturated heterocycles. The second kappa shape index (κ2) is 29.6. The average molecular weight is 527 g/mol. The summed E-state index contributed by atoms with van der Waals surface area (Å²) in [5.41, 5.74) is 0. The van der Waals surface area contributed by atoms with Gasteiger partial charge in [-0.25, -0.2) is 4.79 Å². The zero-order chi connectivity index (χ0) is 27.2. The van der Waals surface area contributed by atoms with E-state index in [1.165, 1.54) is 148 Å². The fourth-order valence-electron chi connectivity index (χ4n) is 4.89. The Morgan fingerprint density at radius 2 is 0.784 bits per heavy atom. The number of unbranched alkanes of at least 4 members (excludes halogenated alkanes) is 25. The van der Waals surface area contributed by atoms with Gasteiger partial charge in [0.2, 0.25) is 0 Å². The summed E-state index contributed by atoms with van der Waals surface area (Å²) in [6.45, 7) is 1.56. The van der Waals surface area contributed by atoms with Gasteiger partial charge in [0.05, 0.1) is 6.61 Å². The monoisotopic (exact) mass is 526 g/mol. The van der Waals surface area contributed by atoms with E-state index >= 15 is 0 Å². The van der Waals surface area contributed by atoms with Gasteiger partial charge in [0.25, 0.3) is 0 Å². The van der Waals surface area contributed by atoms with E-state index in [1.54, 1.807) is 0 Å². The largest absolute Gasteiger partial charge is 0.393 e. The van der Waals surface area contributed by atoms with E-state index in [0.717, 1.165) is 12.8 Å². The molecule has 0 amide bonds. The maximum absolute atomic E-state index is 11.5. The van der Waals surface area contributed by atoms with Crippen LogP contribution in [0.4, 0.5) is 0 Å². The second-order valence-corrected chi connectivity index (χ2v) is 11.1. The normalized spacial score (nSPS) is 12.1. The van der Waals surface area contributed by atoms with E-state index in [4.69, 9.17) is 10.2 Å². The van der Waals surface area contributed by atoms with Gasteiger partial charge in [-0.15, -0.1) is 0 Å². The van der Waals surface area contributed by atoms with E-state index in [2.05, 4.69) is 11.7 Å². The topological polar surface area (TPSA) is 83.8 Å². The molecule has 0 bridgehead atoms. The third-order valence-electron chi connectivity index (χ3n) is 7.39. The molecule has 2 N–H and O–H groups in total. The van der Waals surface area contributed by atoms with Crippen LogP contribution in [0.3, 0.4) is 0 Å². The molecule has 0 aliphatic carbocycles. The average Bonchev–Trinajstić information content (AvgIpc) is 2.90. The van der Waals surface area contributed by atoms with Gasteiger partial charge in [-0.1, -0.05) is 167 Å². The minimum Gasteiger partial charge on any atom is -0.393 e. The molecule has 0 spiro atoms. The third-order valence-corrected chi connectivity index (χ3v) is 7.39. The molecule has 0 aromatic carbocycles. The van der Waals surface area contributed by atoms with E-state index < -0.39 is 24.6 Å². The molecule has 0 fully saturated rings. The summed E-state index contributed by atoms with van der Waals surface area (Å²) in [6.07, 6.45) is 33.5. The number of hydrogen-bond acceptors (Lipinski definition) is 5. The predicted octanol–water partition coefficient (Wildman–Crippen LogP) is 8.96. The van der Waals surface area contributed by atoms with Gasteiger partial charge in [-0.3, -0.25) is 4.79 Å². The lowest BCUT2D eigenvalue weighted by molar-refractivity contribution is -0.167. The summed E-state index contributed by atoms with van der Waals surface area (Å²) >= 11 is 0. The van der Waals surface area contributed by atoms with Gasteiger partial charge in [0, 0.05) is 6.42 Å². The van der Waals surface area contributed by atoms with Crippen molar-refractivity contribution in [3.8, 4) is 0 Å². The number of esters is 2. The van der Waals surface area contributed by atoms with Crippen molar-refractivity contribution < 1.29 is 24.5 Å². The van der Waals surface area contributed by atoms with Crippen molar-refractivity contribution in [3.63, 3.8) is 0 Å². The summed E-state index contributed by atoms with van der Waals surface area (Å²) in [5.74, 6) is -1.69. The maximum atomic E-state index is 11.5. The molecule has 0 aromatic rings. The number of aliphatic hydroxyl groups is 2. The molecule has 0 aliphatic rings. The first-order valence-corrected chi connectivity index (χ1v) is 16.1. The lowest BCUT2D eigenvalue weighted by atomic mass is 10.0. The van der Waals surface area contributed by atoms with Crippen LogP contribution in [0.25, 0.3) is 0 Å². The lowest BCUT2D eigenvalue weighted by Gasteiger charge is -2.06. The zero-order valence-corrected chi connectivity index (χ0v) is 24.5. The Bertz CT molecular complexity index is 494. The molecule has 5 heteroatoms. The molecule has 220 valence electrons. The predicted molar refractivity (Wildman–Crippen MR) is 155 cm³/mol. The molecule has 1 unspecified atom stereocenters. The van der Waals surface area contributed by atoms with Crippen molar-refractivity contribution in [1.82, 2.24) is 0 Å². The molecule has 1 atom stereocenters. The van der Waals surface area contributed by atoms with Crippen LogP contribution in [0.15, 0.2) is 0 Å². The van der Waals surface area contributed by atoms with Gasteiger partial charge in [-0.2, -0.15) is 0 Å². The minimum absolute atomic E-state index is 0.184. The van der Waals surface area contributed by atoms with Gasteiger partial charge >= 0.3 is 11.9 Å².